The number of carboxylic acid groups (broad SMARTS) is 1. The summed E-state index contributed by atoms with van der Waals surface area (Å²) in [6.07, 6.45) is 0.496. The van der Waals surface area contributed by atoms with Crippen LogP contribution in [0.4, 0.5) is 10.5 Å². The topological polar surface area (TPSA) is 60.9 Å². The largest absolute Gasteiger partial charge is 0.481 e. The molecule has 0 radical (unpaired) electrons. The van der Waals surface area contributed by atoms with E-state index in [1.54, 1.807) is 23.8 Å². The molecule has 5 nitrogen and oxygen atoms in total. The second-order valence-electron chi connectivity index (χ2n) is 5.71. The molecule has 1 aromatic rings. The Morgan fingerprint density at radius 1 is 1.30 bits per heavy atom. The maximum atomic E-state index is 12.4. The molecule has 2 rings (SSSR count). The van der Waals surface area contributed by atoms with Gasteiger partial charge in [-0.3, -0.25) is 9.69 Å². The Kier molecular flexibility index (Phi) is 3.70. The molecule has 1 fully saturated rings. The van der Waals surface area contributed by atoms with E-state index < -0.39 is 11.4 Å². The van der Waals surface area contributed by atoms with Crippen molar-refractivity contribution in [2.24, 2.45) is 5.41 Å². The third-order valence-electron chi connectivity index (χ3n) is 3.97. The van der Waals surface area contributed by atoms with Gasteiger partial charge in [-0.2, -0.15) is 0 Å². The number of amides is 2. The number of anilines is 1. The predicted molar refractivity (Wildman–Crippen MR) is 76.9 cm³/mol. The highest BCUT2D eigenvalue weighted by Gasteiger charge is 2.42. The molecule has 0 spiro atoms. The van der Waals surface area contributed by atoms with Gasteiger partial charge in [0.2, 0.25) is 0 Å². The molecule has 1 atom stereocenters. The minimum absolute atomic E-state index is 0.154. The van der Waals surface area contributed by atoms with Gasteiger partial charge in [0.15, 0.2) is 0 Å². The first-order valence-corrected chi connectivity index (χ1v) is 6.66. The number of aliphatic carboxylic acids is 1. The van der Waals surface area contributed by atoms with Crippen molar-refractivity contribution < 1.29 is 14.7 Å². The van der Waals surface area contributed by atoms with E-state index in [4.69, 9.17) is 0 Å². The molecule has 5 heteroatoms. The van der Waals surface area contributed by atoms with E-state index in [2.05, 4.69) is 0 Å². The van der Waals surface area contributed by atoms with Crippen LogP contribution in [0.1, 0.15) is 18.9 Å². The number of carboxylic acids is 1. The molecular weight excluding hydrogens is 256 g/mol. The summed E-state index contributed by atoms with van der Waals surface area (Å²) in [6.45, 7) is 4.42. The van der Waals surface area contributed by atoms with Gasteiger partial charge in [0, 0.05) is 25.8 Å². The molecule has 1 saturated heterocycles. The van der Waals surface area contributed by atoms with Crippen molar-refractivity contribution in [1.29, 1.82) is 0 Å². The maximum absolute atomic E-state index is 12.4. The molecule has 20 heavy (non-hydrogen) atoms. The standard InChI is InChI=1S/C15H20N2O3/c1-11-4-6-12(7-5-11)16(3)14(20)17-9-8-15(2,10-17)13(18)19/h4-7H,8-10H2,1-3H3,(H,18,19). The third-order valence-corrected chi connectivity index (χ3v) is 3.97. The molecule has 1 N–H and O–H groups in total. The number of nitrogens with zero attached hydrogens (tertiary/aromatic N) is 2. The van der Waals surface area contributed by atoms with E-state index in [1.807, 2.05) is 31.2 Å². The summed E-state index contributed by atoms with van der Waals surface area (Å²) in [4.78, 5) is 26.8. The average Bonchev–Trinajstić information content (AvgIpc) is 2.82. The fourth-order valence-electron chi connectivity index (χ4n) is 2.39. The van der Waals surface area contributed by atoms with Gasteiger partial charge in [0.25, 0.3) is 0 Å². The normalized spacial score (nSPS) is 21.9. The first kappa shape index (κ1) is 14.4. The lowest BCUT2D eigenvalue weighted by Gasteiger charge is -2.26. The highest BCUT2D eigenvalue weighted by molar-refractivity contribution is 5.92. The number of carbonyl (C=O) groups excluding carboxylic acids is 1. The smallest absolute Gasteiger partial charge is 0.324 e. The van der Waals surface area contributed by atoms with Gasteiger partial charge in [0.05, 0.1) is 5.41 Å². The van der Waals surface area contributed by atoms with Crippen LogP contribution in [0.25, 0.3) is 0 Å². The summed E-state index contributed by atoms with van der Waals surface area (Å²) >= 11 is 0. The first-order valence-electron chi connectivity index (χ1n) is 6.66. The third kappa shape index (κ3) is 2.61. The summed E-state index contributed by atoms with van der Waals surface area (Å²) in [5.74, 6) is -0.842. The number of rotatable bonds is 2. The van der Waals surface area contributed by atoms with Gasteiger partial charge in [0.1, 0.15) is 0 Å². The number of aryl methyl sites for hydroxylation is 1. The lowest BCUT2D eigenvalue weighted by molar-refractivity contribution is -0.146. The number of hydrogen-bond donors (Lipinski definition) is 1. The van der Waals surface area contributed by atoms with Crippen molar-refractivity contribution in [3.8, 4) is 0 Å². The van der Waals surface area contributed by atoms with Crippen molar-refractivity contribution in [3.05, 3.63) is 29.8 Å². The van der Waals surface area contributed by atoms with Crippen LogP contribution in [0, 0.1) is 12.3 Å². The number of benzene rings is 1. The van der Waals surface area contributed by atoms with E-state index >= 15 is 0 Å². The van der Waals surface area contributed by atoms with Gasteiger partial charge in [-0.15, -0.1) is 0 Å². The van der Waals surface area contributed by atoms with Crippen molar-refractivity contribution >= 4 is 17.7 Å². The van der Waals surface area contributed by atoms with Gasteiger partial charge < -0.3 is 10.0 Å². The van der Waals surface area contributed by atoms with E-state index in [-0.39, 0.29) is 12.6 Å². The zero-order chi connectivity index (χ0) is 14.9. The Labute approximate surface area is 118 Å². The molecule has 1 aromatic carbocycles. The van der Waals surface area contributed by atoms with Gasteiger partial charge >= 0.3 is 12.0 Å². The van der Waals surface area contributed by atoms with Gasteiger partial charge in [-0.1, -0.05) is 17.7 Å². The van der Waals surface area contributed by atoms with Crippen LogP contribution in [0.3, 0.4) is 0 Å². The fourth-order valence-corrected chi connectivity index (χ4v) is 2.39. The summed E-state index contributed by atoms with van der Waals surface area (Å²) in [7, 11) is 1.71. The molecular formula is C15H20N2O3. The van der Waals surface area contributed by atoms with Gasteiger partial charge in [-0.05, 0) is 32.4 Å². The van der Waals surface area contributed by atoms with Crippen LogP contribution in [-0.4, -0.2) is 42.1 Å². The lowest BCUT2D eigenvalue weighted by atomic mass is 9.90. The monoisotopic (exact) mass is 276 g/mol. The molecule has 0 aliphatic carbocycles. The lowest BCUT2D eigenvalue weighted by Crippen LogP contribution is -2.42. The summed E-state index contributed by atoms with van der Waals surface area (Å²) in [5, 5.41) is 9.21. The number of carbonyl (C=O) groups is 2. The molecule has 0 saturated carbocycles. The second kappa shape index (κ2) is 5.15. The van der Waals surface area contributed by atoms with Crippen LogP contribution in [0.5, 0.6) is 0 Å². The molecule has 0 aromatic heterocycles. The molecule has 1 heterocycles. The minimum Gasteiger partial charge on any atom is -0.481 e. The Balaban J connectivity index is 2.09. The van der Waals surface area contributed by atoms with Crippen molar-refractivity contribution in [3.63, 3.8) is 0 Å². The zero-order valence-electron chi connectivity index (χ0n) is 12.1. The molecule has 108 valence electrons. The van der Waals surface area contributed by atoms with Crippen LogP contribution in [-0.2, 0) is 4.79 Å². The Morgan fingerprint density at radius 2 is 1.90 bits per heavy atom. The molecule has 0 bridgehead atoms. The first-order chi connectivity index (χ1) is 9.33. The molecule has 1 unspecified atom stereocenters. The molecule has 2 amide bonds. The average molecular weight is 276 g/mol. The number of hydrogen-bond acceptors (Lipinski definition) is 2. The number of urea groups is 1. The predicted octanol–water partition coefficient (Wildman–Crippen LogP) is 2.35. The Bertz CT molecular complexity index is 526. The number of likely N-dealkylation sites (tertiary alicyclic amines) is 1. The fraction of sp³-hybridized carbons (Fsp3) is 0.467. The minimum atomic E-state index is -0.842. The van der Waals surface area contributed by atoms with E-state index in [1.165, 1.54) is 0 Å². The zero-order valence-corrected chi connectivity index (χ0v) is 12.1. The highest BCUT2D eigenvalue weighted by Crippen LogP contribution is 2.31. The van der Waals surface area contributed by atoms with Crippen LogP contribution >= 0.6 is 0 Å². The van der Waals surface area contributed by atoms with Gasteiger partial charge in [-0.25, -0.2) is 4.79 Å². The molecule has 1 aliphatic rings. The Hall–Kier alpha value is -2.04. The van der Waals surface area contributed by atoms with Crippen molar-refractivity contribution in [2.75, 3.05) is 25.0 Å². The van der Waals surface area contributed by atoms with E-state index in [0.717, 1.165) is 11.3 Å². The van der Waals surface area contributed by atoms with Crippen molar-refractivity contribution in [1.82, 2.24) is 4.90 Å². The highest BCUT2D eigenvalue weighted by atomic mass is 16.4. The second-order valence-corrected chi connectivity index (χ2v) is 5.71. The Morgan fingerprint density at radius 3 is 2.40 bits per heavy atom. The summed E-state index contributed by atoms with van der Waals surface area (Å²) < 4.78 is 0. The quantitative estimate of drug-likeness (QED) is 0.902. The molecule has 1 aliphatic heterocycles. The summed E-state index contributed by atoms with van der Waals surface area (Å²) in [6, 6.07) is 7.52. The van der Waals surface area contributed by atoms with Crippen LogP contribution in [0.15, 0.2) is 24.3 Å². The van der Waals surface area contributed by atoms with E-state index in [9.17, 15) is 14.7 Å². The maximum Gasteiger partial charge on any atom is 0.324 e. The van der Waals surface area contributed by atoms with Crippen molar-refractivity contribution in [2.45, 2.75) is 20.3 Å². The summed E-state index contributed by atoms with van der Waals surface area (Å²) in [5.41, 5.74) is 1.11. The van der Waals surface area contributed by atoms with Crippen LogP contribution in [0.2, 0.25) is 0 Å². The SMILES string of the molecule is Cc1ccc(N(C)C(=O)N2CCC(C)(C(=O)O)C2)cc1. The van der Waals surface area contributed by atoms with E-state index in [0.29, 0.717) is 13.0 Å². The van der Waals surface area contributed by atoms with Crippen LogP contribution < -0.4 is 4.90 Å².